The molecule has 0 amide bonds. The largest absolute Gasteiger partial charge is 0.504 e. The molecule has 0 fully saturated rings. The van der Waals surface area contributed by atoms with Gasteiger partial charge < -0.3 is 20.1 Å². The first-order chi connectivity index (χ1) is 10.1. The van der Waals surface area contributed by atoms with Crippen LogP contribution in [0.5, 0.6) is 11.5 Å². The molecular weight excluding hydrogens is 268 g/mol. The van der Waals surface area contributed by atoms with Gasteiger partial charge in [-0.2, -0.15) is 0 Å². The molecule has 0 bridgehead atoms. The van der Waals surface area contributed by atoms with Crippen LogP contribution in [0.15, 0.2) is 18.2 Å². The molecule has 2 atom stereocenters. The number of unbranched alkanes of at least 4 members (excludes halogenated alkanes) is 2. The predicted octanol–water partition coefficient (Wildman–Crippen LogP) is 3.38. The van der Waals surface area contributed by atoms with E-state index in [2.05, 4.69) is 6.92 Å². The van der Waals surface area contributed by atoms with Gasteiger partial charge in [0.25, 0.3) is 0 Å². The molecular formula is C17H28O4. The molecule has 2 unspecified atom stereocenters. The van der Waals surface area contributed by atoms with E-state index in [4.69, 9.17) is 4.74 Å². The highest BCUT2D eigenvalue weighted by molar-refractivity contribution is 5.40. The lowest BCUT2D eigenvalue weighted by Gasteiger charge is -2.19. The highest BCUT2D eigenvalue weighted by Gasteiger charge is 2.14. The van der Waals surface area contributed by atoms with Crippen molar-refractivity contribution in [3.63, 3.8) is 0 Å². The summed E-state index contributed by atoms with van der Waals surface area (Å²) in [6, 6.07) is 4.77. The lowest BCUT2D eigenvalue weighted by atomic mass is 9.99. The number of ether oxygens (including phenoxy) is 1. The third kappa shape index (κ3) is 6.82. The van der Waals surface area contributed by atoms with Gasteiger partial charge in [-0.15, -0.1) is 0 Å². The van der Waals surface area contributed by atoms with Gasteiger partial charge in [0.2, 0.25) is 0 Å². The molecule has 4 heteroatoms. The van der Waals surface area contributed by atoms with Crippen LogP contribution in [0.3, 0.4) is 0 Å². The number of hydrogen-bond acceptors (Lipinski definition) is 4. The van der Waals surface area contributed by atoms with Gasteiger partial charge in [-0.25, -0.2) is 0 Å². The van der Waals surface area contributed by atoms with Crippen LogP contribution in [0.2, 0.25) is 0 Å². The Morgan fingerprint density at radius 2 is 1.86 bits per heavy atom. The Kier molecular flexibility index (Phi) is 8.16. The van der Waals surface area contributed by atoms with Crippen molar-refractivity contribution in [3.05, 3.63) is 23.8 Å². The number of phenolic OH excluding ortho intramolecular Hbond substituents is 2. The van der Waals surface area contributed by atoms with Crippen molar-refractivity contribution in [2.75, 3.05) is 7.11 Å². The number of phenols is 2. The van der Waals surface area contributed by atoms with Crippen molar-refractivity contribution in [3.8, 4) is 11.5 Å². The summed E-state index contributed by atoms with van der Waals surface area (Å²) in [5, 5.41) is 28.8. The van der Waals surface area contributed by atoms with Crippen LogP contribution in [0.4, 0.5) is 0 Å². The molecule has 0 spiro atoms. The van der Waals surface area contributed by atoms with E-state index >= 15 is 0 Å². The average molecular weight is 296 g/mol. The molecule has 120 valence electrons. The zero-order valence-corrected chi connectivity index (χ0v) is 13.1. The fourth-order valence-corrected chi connectivity index (χ4v) is 2.43. The van der Waals surface area contributed by atoms with Crippen LogP contribution in [-0.4, -0.2) is 34.6 Å². The maximum absolute atomic E-state index is 10.1. The Hall–Kier alpha value is -1.26. The van der Waals surface area contributed by atoms with E-state index in [1.807, 2.05) is 0 Å². The molecule has 0 saturated carbocycles. The highest BCUT2D eigenvalue weighted by atomic mass is 16.5. The van der Waals surface area contributed by atoms with E-state index < -0.39 is 6.10 Å². The summed E-state index contributed by atoms with van der Waals surface area (Å²) in [6.07, 6.45) is 6.14. The second-order valence-corrected chi connectivity index (χ2v) is 5.60. The summed E-state index contributed by atoms with van der Waals surface area (Å²) >= 11 is 0. The van der Waals surface area contributed by atoms with Gasteiger partial charge in [-0.3, -0.25) is 0 Å². The van der Waals surface area contributed by atoms with Crippen LogP contribution < -0.4 is 0 Å². The maximum atomic E-state index is 10.1. The molecule has 1 aromatic rings. The van der Waals surface area contributed by atoms with E-state index in [0.29, 0.717) is 19.3 Å². The molecule has 3 N–H and O–H groups in total. The highest BCUT2D eigenvalue weighted by Crippen LogP contribution is 2.25. The van der Waals surface area contributed by atoms with Gasteiger partial charge in [-0.1, -0.05) is 32.3 Å². The number of methoxy groups -OCH3 is 1. The second kappa shape index (κ2) is 9.64. The minimum Gasteiger partial charge on any atom is -0.504 e. The van der Waals surface area contributed by atoms with Crippen molar-refractivity contribution in [2.45, 2.75) is 64.1 Å². The summed E-state index contributed by atoms with van der Waals surface area (Å²) in [6.45, 7) is 2.17. The van der Waals surface area contributed by atoms with E-state index in [1.54, 1.807) is 13.2 Å². The molecule has 0 aliphatic rings. The molecule has 0 saturated heterocycles. The molecule has 4 nitrogen and oxygen atoms in total. The van der Waals surface area contributed by atoms with Gasteiger partial charge in [0.1, 0.15) is 0 Å². The van der Waals surface area contributed by atoms with E-state index in [1.165, 1.54) is 25.0 Å². The first-order valence-electron chi connectivity index (χ1n) is 7.78. The van der Waals surface area contributed by atoms with Crippen LogP contribution in [0.1, 0.15) is 51.0 Å². The summed E-state index contributed by atoms with van der Waals surface area (Å²) in [4.78, 5) is 0. The van der Waals surface area contributed by atoms with E-state index in [0.717, 1.165) is 18.4 Å². The molecule has 21 heavy (non-hydrogen) atoms. The molecule has 0 radical (unpaired) electrons. The molecule has 0 aromatic heterocycles. The van der Waals surface area contributed by atoms with Crippen molar-refractivity contribution in [1.29, 1.82) is 0 Å². The Labute approximate surface area is 127 Å². The molecule has 0 heterocycles. The topological polar surface area (TPSA) is 69.9 Å². The number of aliphatic hydroxyl groups excluding tert-OH is 1. The van der Waals surface area contributed by atoms with E-state index in [9.17, 15) is 15.3 Å². The van der Waals surface area contributed by atoms with Gasteiger partial charge in [0.05, 0.1) is 12.2 Å². The SMILES string of the molecule is CCCCCC(CC(O)CCc1ccc(O)c(O)c1)OC. The number of rotatable bonds is 10. The zero-order valence-electron chi connectivity index (χ0n) is 13.1. The third-order valence-electron chi connectivity index (χ3n) is 3.80. The number of aryl methyl sites for hydroxylation is 1. The Balaban J connectivity index is 2.34. The quantitative estimate of drug-likeness (QED) is 0.457. The van der Waals surface area contributed by atoms with Crippen LogP contribution in [0, 0.1) is 0 Å². The third-order valence-corrected chi connectivity index (χ3v) is 3.80. The normalized spacial score (nSPS) is 14.0. The smallest absolute Gasteiger partial charge is 0.157 e. The standard InChI is InChI=1S/C17H28O4/c1-3-4-5-6-15(21-2)12-14(18)9-7-13-8-10-16(19)17(20)11-13/h8,10-11,14-15,18-20H,3-7,9,12H2,1-2H3. The van der Waals surface area contributed by atoms with Gasteiger partial charge >= 0.3 is 0 Å². The van der Waals surface area contributed by atoms with Crippen LogP contribution >= 0.6 is 0 Å². The molecule has 0 aliphatic heterocycles. The molecule has 1 rings (SSSR count). The van der Waals surface area contributed by atoms with Crippen LogP contribution in [-0.2, 0) is 11.2 Å². The Bertz CT molecular complexity index is 406. The van der Waals surface area contributed by atoms with Crippen molar-refractivity contribution in [2.24, 2.45) is 0 Å². The van der Waals surface area contributed by atoms with Gasteiger partial charge in [0.15, 0.2) is 11.5 Å². The van der Waals surface area contributed by atoms with Crippen molar-refractivity contribution >= 4 is 0 Å². The number of aliphatic hydroxyl groups is 1. The van der Waals surface area contributed by atoms with Crippen LogP contribution in [0.25, 0.3) is 0 Å². The molecule has 0 aliphatic carbocycles. The fourth-order valence-electron chi connectivity index (χ4n) is 2.43. The molecule has 1 aromatic carbocycles. The maximum Gasteiger partial charge on any atom is 0.157 e. The van der Waals surface area contributed by atoms with E-state index in [-0.39, 0.29) is 17.6 Å². The Morgan fingerprint density at radius 3 is 2.48 bits per heavy atom. The summed E-state index contributed by atoms with van der Waals surface area (Å²) < 4.78 is 5.42. The number of benzene rings is 1. The predicted molar refractivity (Wildman–Crippen MR) is 83.7 cm³/mol. The summed E-state index contributed by atoms with van der Waals surface area (Å²) in [5.74, 6) is -0.231. The first kappa shape index (κ1) is 17.8. The van der Waals surface area contributed by atoms with Gasteiger partial charge in [0, 0.05) is 7.11 Å². The Morgan fingerprint density at radius 1 is 1.10 bits per heavy atom. The van der Waals surface area contributed by atoms with Crippen molar-refractivity contribution < 1.29 is 20.1 Å². The summed E-state index contributed by atoms with van der Waals surface area (Å²) in [7, 11) is 1.70. The minimum absolute atomic E-state index is 0.111. The first-order valence-corrected chi connectivity index (χ1v) is 7.78. The summed E-state index contributed by atoms with van der Waals surface area (Å²) in [5.41, 5.74) is 0.907. The minimum atomic E-state index is -0.410. The number of aromatic hydroxyl groups is 2. The lowest BCUT2D eigenvalue weighted by molar-refractivity contribution is 0.0361. The number of hydrogen-bond donors (Lipinski definition) is 3. The average Bonchev–Trinajstić information content (AvgIpc) is 2.47. The monoisotopic (exact) mass is 296 g/mol. The van der Waals surface area contributed by atoms with Gasteiger partial charge in [-0.05, 0) is 43.4 Å². The lowest BCUT2D eigenvalue weighted by Crippen LogP contribution is -2.20. The second-order valence-electron chi connectivity index (χ2n) is 5.60. The zero-order chi connectivity index (χ0) is 15.7. The fraction of sp³-hybridized carbons (Fsp3) is 0.647. The van der Waals surface area contributed by atoms with Crippen molar-refractivity contribution in [1.82, 2.24) is 0 Å².